The third-order valence-corrected chi connectivity index (χ3v) is 9.20. The Morgan fingerprint density at radius 1 is 0.897 bits per heavy atom. The van der Waals surface area contributed by atoms with E-state index in [1.165, 1.54) is 5.56 Å². The number of carbonyl (C=O) groups excluding carboxylic acids is 1. The normalized spacial score (nSPS) is 17.7. The number of rotatable bonds is 7. The molecule has 7 heteroatoms. The SMILES string of the molecule is Cc1ccccc1C(=O)Nc1ccc(S(=O)(=O)NC2CCN(Cc3ccccc3)CC2(C)C)c2ccccc12. The van der Waals surface area contributed by atoms with Gasteiger partial charge in [-0.2, -0.15) is 0 Å². The molecule has 0 saturated carbocycles. The number of amides is 1. The van der Waals surface area contributed by atoms with Crippen molar-refractivity contribution in [1.29, 1.82) is 0 Å². The van der Waals surface area contributed by atoms with Crippen molar-refractivity contribution in [2.24, 2.45) is 5.41 Å². The summed E-state index contributed by atoms with van der Waals surface area (Å²) in [6, 6.07) is 28.1. The minimum atomic E-state index is -3.82. The van der Waals surface area contributed by atoms with E-state index in [4.69, 9.17) is 0 Å². The molecule has 1 heterocycles. The first-order valence-electron chi connectivity index (χ1n) is 13.3. The maximum absolute atomic E-state index is 13.8. The van der Waals surface area contributed by atoms with Gasteiger partial charge in [0, 0.05) is 47.7 Å². The second kappa shape index (κ2) is 10.9. The fourth-order valence-electron chi connectivity index (χ4n) is 5.55. The second-order valence-corrected chi connectivity index (χ2v) is 12.8. The lowest BCUT2D eigenvalue weighted by molar-refractivity contribution is 0.0828. The highest BCUT2D eigenvalue weighted by Crippen LogP contribution is 2.34. The molecule has 1 unspecified atom stereocenters. The molecule has 1 atom stereocenters. The van der Waals surface area contributed by atoms with Gasteiger partial charge < -0.3 is 5.32 Å². The Morgan fingerprint density at radius 2 is 1.56 bits per heavy atom. The third kappa shape index (κ3) is 5.91. The van der Waals surface area contributed by atoms with Crippen LogP contribution in [0.15, 0.2) is 95.9 Å². The Morgan fingerprint density at radius 3 is 2.28 bits per heavy atom. The standard InChI is InChI=1S/C32H35N3O3S/c1-23-11-7-8-14-25(23)31(36)33-28-17-18-29(27-16-10-9-15-26(27)28)39(37,38)34-30-19-20-35(22-32(30,2)3)21-24-12-5-4-6-13-24/h4-18,30,34H,19-22H2,1-3H3,(H,33,36). The largest absolute Gasteiger partial charge is 0.321 e. The van der Waals surface area contributed by atoms with Crippen LogP contribution in [0.2, 0.25) is 0 Å². The topological polar surface area (TPSA) is 78.5 Å². The number of hydrogen-bond donors (Lipinski definition) is 2. The van der Waals surface area contributed by atoms with Gasteiger partial charge in [-0.05, 0) is 48.1 Å². The molecule has 1 amide bonds. The summed E-state index contributed by atoms with van der Waals surface area (Å²) < 4.78 is 30.6. The fourth-order valence-corrected chi connectivity index (χ4v) is 7.20. The Balaban J connectivity index is 1.37. The molecule has 0 aliphatic carbocycles. The maximum atomic E-state index is 13.8. The highest BCUT2D eigenvalue weighted by molar-refractivity contribution is 7.89. The van der Waals surface area contributed by atoms with Crippen molar-refractivity contribution in [1.82, 2.24) is 9.62 Å². The van der Waals surface area contributed by atoms with E-state index in [2.05, 4.69) is 40.9 Å². The number of sulfonamides is 1. The van der Waals surface area contributed by atoms with E-state index in [0.717, 1.165) is 31.6 Å². The lowest BCUT2D eigenvalue weighted by Crippen LogP contribution is -2.55. The van der Waals surface area contributed by atoms with Gasteiger partial charge in [0.15, 0.2) is 0 Å². The summed E-state index contributed by atoms with van der Waals surface area (Å²) >= 11 is 0. The molecule has 5 rings (SSSR count). The first-order valence-corrected chi connectivity index (χ1v) is 14.8. The average molecular weight is 542 g/mol. The first-order chi connectivity index (χ1) is 18.6. The highest BCUT2D eigenvalue weighted by atomic mass is 32.2. The summed E-state index contributed by atoms with van der Waals surface area (Å²) in [6.45, 7) is 8.60. The zero-order chi connectivity index (χ0) is 27.6. The van der Waals surface area contributed by atoms with Crippen LogP contribution in [0.5, 0.6) is 0 Å². The van der Waals surface area contributed by atoms with E-state index < -0.39 is 10.0 Å². The summed E-state index contributed by atoms with van der Waals surface area (Å²) in [6.07, 6.45) is 0.724. The molecule has 4 aromatic rings. The number of fused-ring (bicyclic) bond motifs is 1. The minimum Gasteiger partial charge on any atom is -0.321 e. The van der Waals surface area contributed by atoms with Gasteiger partial charge in [0.25, 0.3) is 5.91 Å². The van der Waals surface area contributed by atoms with Gasteiger partial charge in [0.2, 0.25) is 10.0 Å². The molecule has 1 aliphatic heterocycles. The Bertz CT molecular complexity index is 1600. The van der Waals surface area contributed by atoms with Crippen molar-refractivity contribution >= 4 is 32.4 Å². The molecule has 2 N–H and O–H groups in total. The molecule has 1 fully saturated rings. The van der Waals surface area contributed by atoms with Crippen molar-refractivity contribution in [3.05, 3.63) is 108 Å². The predicted octanol–water partition coefficient (Wildman–Crippen LogP) is 5.98. The number of nitrogens with one attached hydrogen (secondary N) is 2. The van der Waals surface area contributed by atoms with Gasteiger partial charge in [0.05, 0.1) is 4.90 Å². The van der Waals surface area contributed by atoms with Crippen LogP contribution in [0, 0.1) is 12.3 Å². The van der Waals surface area contributed by atoms with E-state index in [1.54, 1.807) is 24.3 Å². The van der Waals surface area contributed by atoms with Gasteiger partial charge in [-0.1, -0.05) is 86.6 Å². The van der Waals surface area contributed by atoms with Crippen LogP contribution in [-0.4, -0.2) is 38.4 Å². The van der Waals surface area contributed by atoms with Crippen LogP contribution in [0.25, 0.3) is 10.8 Å². The van der Waals surface area contributed by atoms with Crippen molar-refractivity contribution in [2.75, 3.05) is 18.4 Å². The van der Waals surface area contributed by atoms with E-state index in [9.17, 15) is 13.2 Å². The van der Waals surface area contributed by atoms with Crippen LogP contribution >= 0.6 is 0 Å². The van der Waals surface area contributed by atoms with Crippen molar-refractivity contribution in [3.8, 4) is 0 Å². The lowest BCUT2D eigenvalue weighted by Gasteiger charge is -2.44. The minimum absolute atomic E-state index is 0.200. The molecule has 0 spiro atoms. The molecule has 6 nitrogen and oxygen atoms in total. The molecule has 39 heavy (non-hydrogen) atoms. The molecule has 0 bridgehead atoms. The van der Waals surface area contributed by atoms with E-state index in [0.29, 0.717) is 22.0 Å². The molecular formula is C32H35N3O3S. The predicted molar refractivity (Wildman–Crippen MR) is 157 cm³/mol. The van der Waals surface area contributed by atoms with Crippen LogP contribution in [0.3, 0.4) is 0 Å². The van der Waals surface area contributed by atoms with Crippen molar-refractivity contribution in [3.63, 3.8) is 0 Å². The van der Waals surface area contributed by atoms with Crippen LogP contribution < -0.4 is 10.0 Å². The highest BCUT2D eigenvalue weighted by Gasteiger charge is 2.38. The van der Waals surface area contributed by atoms with Gasteiger partial charge in [-0.25, -0.2) is 13.1 Å². The van der Waals surface area contributed by atoms with E-state index in [-0.39, 0.29) is 22.3 Å². The zero-order valence-corrected chi connectivity index (χ0v) is 23.5. The lowest BCUT2D eigenvalue weighted by atomic mass is 9.79. The number of benzene rings is 4. The summed E-state index contributed by atoms with van der Waals surface area (Å²) in [7, 11) is -3.82. The Kier molecular flexibility index (Phi) is 7.58. The second-order valence-electron chi connectivity index (χ2n) is 11.1. The fraction of sp³-hybridized carbons (Fsp3) is 0.281. The molecule has 0 radical (unpaired) electrons. The zero-order valence-electron chi connectivity index (χ0n) is 22.6. The number of aryl methyl sites for hydroxylation is 1. The number of hydrogen-bond acceptors (Lipinski definition) is 4. The number of carbonyl (C=O) groups is 1. The number of nitrogens with zero attached hydrogens (tertiary/aromatic N) is 1. The Labute approximate surface area is 231 Å². The summed E-state index contributed by atoms with van der Waals surface area (Å²) in [5.41, 5.74) is 3.04. The van der Waals surface area contributed by atoms with Gasteiger partial charge in [-0.15, -0.1) is 0 Å². The third-order valence-electron chi connectivity index (χ3n) is 7.67. The smallest absolute Gasteiger partial charge is 0.255 e. The van der Waals surface area contributed by atoms with Crippen molar-refractivity contribution < 1.29 is 13.2 Å². The molecule has 1 saturated heterocycles. The van der Waals surface area contributed by atoms with Gasteiger partial charge >= 0.3 is 0 Å². The Hall–Kier alpha value is -3.52. The van der Waals surface area contributed by atoms with Crippen LogP contribution in [-0.2, 0) is 16.6 Å². The van der Waals surface area contributed by atoms with Gasteiger partial charge in [0.1, 0.15) is 0 Å². The van der Waals surface area contributed by atoms with Crippen LogP contribution in [0.1, 0.15) is 41.8 Å². The number of likely N-dealkylation sites (tertiary alicyclic amines) is 1. The molecular weight excluding hydrogens is 506 g/mol. The number of anilines is 1. The molecule has 202 valence electrons. The summed E-state index contributed by atoms with van der Waals surface area (Å²) in [5.74, 6) is -0.226. The quantitative estimate of drug-likeness (QED) is 0.302. The van der Waals surface area contributed by atoms with E-state index >= 15 is 0 Å². The molecule has 1 aliphatic rings. The maximum Gasteiger partial charge on any atom is 0.255 e. The summed E-state index contributed by atoms with van der Waals surface area (Å²) in [4.78, 5) is 15.6. The average Bonchev–Trinajstić information content (AvgIpc) is 2.91. The van der Waals surface area contributed by atoms with Gasteiger partial charge in [-0.3, -0.25) is 9.69 Å². The summed E-state index contributed by atoms with van der Waals surface area (Å²) in [5, 5.41) is 4.24. The number of piperidine rings is 1. The first kappa shape index (κ1) is 27.1. The van der Waals surface area contributed by atoms with E-state index in [1.807, 2.05) is 61.5 Å². The monoisotopic (exact) mass is 541 g/mol. The molecule has 0 aromatic heterocycles. The van der Waals surface area contributed by atoms with Crippen LogP contribution in [0.4, 0.5) is 5.69 Å². The molecule has 4 aromatic carbocycles. The van der Waals surface area contributed by atoms with Crippen molar-refractivity contribution in [2.45, 2.75) is 44.7 Å².